The number of nitrogens with zero attached hydrogens (tertiary/aromatic N) is 5. The summed E-state index contributed by atoms with van der Waals surface area (Å²) in [5.41, 5.74) is 7.40. The maximum Gasteiger partial charge on any atom is 0.219 e. The van der Waals surface area contributed by atoms with E-state index in [1.807, 2.05) is 30.3 Å². The second-order valence-corrected chi connectivity index (χ2v) is 5.68. The van der Waals surface area contributed by atoms with Crippen LogP contribution in [0.25, 0.3) is 5.69 Å². The van der Waals surface area contributed by atoms with Gasteiger partial charge in [0.05, 0.1) is 26.9 Å². The maximum absolute atomic E-state index is 5.94. The molecule has 0 fully saturated rings. The Kier molecular flexibility index (Phi) is 3.66. The molecule has 0 aliphatic heterocycles. The number of anilines is 1. The van der Waals surface area contributed by atoms with Crippen LogP contribution >= 0.6 is 27.7 Å². The number of benzene rings is 1. The lowest BCUT2D eigenvalue weighted by molar-refractivity contribution is 0.756. The molecule has 0 amide bonds. The van der Waals surface area contributed by atoms with Gasteiger partial charge in [-0.25, -0.2) is 0 Å². The smallest absolute Gasteiger partial charge is 0.219 e. The number of tetrazole rings is 1. The van der Waals surface area contributed by atoms with Gasteiger partial charge in [-0.3, -0.25) is 4.98 Å². The van der Waals surface area contributed by atoms with Gasteiger partial charge in [0.2, 0.25) is 5.16 Å². The summed E-state index contributed by atoms with van der Waals surface area (Å²) in [5.74, 6) is 0. The Bertz CT molecular complexity index is 710. The molecule has 0 saturated heterocycles. The summed E-state index contributed by atoms with van der Waals surface area (Å²) >= 11 is 4.82. The maximum atomic E-state index is 5.94. The van der Waals surface area contributed by atoms with E-state index < -0.39 is 0 Å². The number of halogens is 1. The van der Waals surface area contributed by atoms with Crippen molar-refractivity contribution in [3.05, 3.63) is 47.2 Å². The van der Waals surface area contributed by atoms with E-state index in [-0.39, 0.29) is 0 Å². The van der Waals surface area contributed by atoms with E-state index in [1.165, 1.54) is 11.8 Å². The van der Waals surface area contributed by atoms with E-state index in [0.717, 1.165) is 15.1 Å². The van der Waals surface area contributed by atoms with Gasteiger partial charge in [-0.1, -0.05) is 18.2 Å². The number of hydrogen-bond acceptors (Lipinski definition) is 6. The standard InChI is InChI=1S/C12H9BrN6S/c13-9-6-15-7-10(14)11(9)20-12-16-17-18-19(12)8-4-2-1-3-5-8/h1-7H,14H2. The van der Waals surface area contributed by atoms with Crippen molar-refractivity contribution in [3.63, 3.8) is 0 Å². The fourth-order valence-corrected chi connectivity index (χ4v) is 3.01. The Morgan fingerprint density at radius 3 is 2.70 bits per heavy atom. The Morgan fingerprint density at radius 2 is 1.95 bits per heavy atom. The van der Waals surface area contributed by atoms with Crippen LogP contribution in [-0.2, 0) is 0 Å². The molecule has 0 radical (unpaired) electrons. The lowest BCUT2D eigenvalue weighted by Crippen LogP contribution is -1.99. The molecule has 0 aliphatic carbocycles. The van der Waals surface area contributed by atoms with Crippen molar-refractivity contribution in [3.8, 4) is 5.69 Å². The van der Waals surface area contributed by atoms with Crippen molar-refractivity contribution in [1.29, 1.82) is 0 Å². The highest BCUT2D eigenvalue weighted by Crippen LogP contribution is 2.36. The van der Waals surface area contributed by atoms with Crippen molar-refractivity contribution >= 4 is 33.4 Å². The van der Waals surface area contributed by atoms with Gasteiger partial charge in [0.15, 0.2) is 0 Å². The summed E-state index contributed by atoms with van der Waals surface area (Å²) in [7, 11) is 0. The number of para-hydroxylation sites is 1. The zero-order valence-electron chi connectivity index (χ0n) is 10.1. The molecule has 20 heavy (non-hydrogen) atoms. The third-order valence-electron chi connectivity index (χ3n) is 2.52. The fourth-order valence-electron chi connectivity index (χ4n) is 1.61. The summed E-state index contributed by atoms with van der Waals surface area (Å²) in [6.07, 6.45) is 3.29. The molecule has 0 bridgehead atoms. The molecule has 0 aliphatic rings. The van der Waals surface area contributed by atoms with Crippen molar-refractivity contribution < 1.29 is 0 Å². The van der Waals surface area contributed by atoms with Crippen LogP contribution in [0.3, 0.4) is 0 Å². The van der Waals surface area contributed by atoms with Gasteiger partial charge in [-0.05, 0) is 50.3 Å². The van der Waals surface area contributed by atoms with Crippen LogP contribution in [0.15, 0.2) is 57.3 Å². The molecule has 0 saturated carbocycles. The minimum Gasteiger partial charge on any atom is -0.397 e. The fraction of sp³-hybridized carbons (Fsp3) is 0. The van der Waals surface area contributed by atoms with Crippen LogP contribution in [0.1, 0.15) is 0 Å². The predicted octanol–water partition coefficient (Wildman–Crippen LogP) is 2.55. The molecule has 3 rings (SSSR count). The highest BCUT2D eigenvalue weighted by Gasteiger charge is 2.14. The first-order chi connectivity index (χ1) is 9.75. The first-order valence-electron chi connectivity index (χ1n) is 5.66. The van der Waals surface area contributed by atoms with Crippen LogP contribution in [0.2, 0.25) is 0 Å². The third-order valence-corrected chi connectivity index (χ3v) is 4.48. The van der Waals surface area contributed by atoms with Gasteiger partial charge in [0, 0.05) is 6.20 Å². The summed E-state index contributed by atoms with van der Waals surface area (Å²) in [6.45, 7) is 0. The summed E-state index contributed by atoms with van der Waals surface area (Å²) in [4.78, 5) is 4.85. The van der Waals surface area contributed by atoms with Crippen LogP contribution < -0.4 is 5.73 Å². The van der Waals surface area contributed by atoms with Crippen molar-refractivity contribution in [1.82, 2.24) is 25.2 Å². The number of aromatic nitrogens is 5. The number of hydrogen-bond donors (Lipinski definition) is 1. The van der Waals surface area contributed by atoms with Gasteiger partial charge >= 0.3 is 0 Å². The van der Waals surface area contributed by atoms with Crippen LogP contribution in [0.4, 0.5) is 5.69 Å². The van der Waals surface area contributed by atoms with Crippen molar-refractivity contribution in [2.45, 2.75) is 10.1 Å². The summed E-state index contributed by atoms with van der Waals surface area (Å²) < 4.78 is 2.47. The van der Waals surface area contributed by atoms with Gasteiger partial charge in [0.25, 0.3) is 0 Å². The Morgan fingerprint density at radius 1 is 1.15 bits per heavy atom. The lowest BCUT2D eigenvalue weighted by atomic mass is 10.3. The van der Waals surface area contributed by atoms with Crippen LogP contribution in [0.5, 0.6) is 0 Å². The van der Waals surface area contributed by atoms with E-state index in [0.29, 0.717) is 10.8 Å². The number of nitrogen functional groups attached to an aromatic ring is 1. The van der Waals surface area contributed by atoms with Crippen LogP contribution in [-0.4, -0.2) is 25.2 Å². The first-order valence-corrected chi connectivity index (χ1v) is 7.27. The second-order valence-electron chi connectivity index (χ2n) is 3.85. The van der Waals surface area contributed by atoms with Crippen molar-refractivity contribution in [2.75, 3.05) is 5.73 Å². The molecule has 6 nitrogen and oxygen atoms in total. The lowest BCUT2D eigenvalue weighted by Gasteiger charge is -2.07. The molecule has 0 spiro atoms. The average Bonchev–Trinajstić information content (AvgIpc) is 2.92. The van der Waals surface area contributed by atoms with E-state index >= 15 is 0 Å². The predicted molar refractivity (Wildman–Crippen MR) is 79.6 cm³/mol. The van der Waals surface area contributed by atoms with Gasteiger partial charge < -0.3 is 5.73 Å². The van der Waals surface area contributed by atoms with Crippen LogP contribution in [0, 0.1) is 0 Å². The second kappa shape index (κ2) is 5.59. The van der Waals surface area contributed by atoms with E-state index in [4.69, 9.17) is 5.73 Å². The van der Waals surface area contributed by atoms with Gasteiger partial charge in [-0.2, -0.15) is 4.68 Å². The first kappa shape index (κ1) is 13.1. The SMILES string of the molecule is Nc1cncc(Br)c1Sc1nnnn1-c1ccccc1. The van der Waals surface area contributed by atoms with E-state index in [2.05, 4.69) is 36.4 Å². The number of pyridine rings is 1. The molecule has 8 heteroatoms. The summed E-state index contributed by atoms with van der Waals surface area (Å²) in [6, 6.07) is 9.68. The van der Waals surface area contributed by atoms with E-state index in [1.54, 1.807) is 17.1 Å². The average molecular weight is 349 g/mol. The quantitative estimate of drug-likeness (QED) is 0.783. The zero-order valence-corrected chi connectivity index (χ0v) is 12.5. The van der Waals surface area contributed by atoms with E-state index in [9.17, 15) is 0 Å². The van der Waals surface area contributed by atoms with Gasteiger partial charge in [-0.15, -0.1) is 5.10 Å². The number of rotatable bonds is 3. The minimum atomic E-state index is 0.576. The topological polar surface area (TPSA) is 82.5 Å². The largest absolute Gasteiger partial charge is 0.397 e. The Balaban J connectivity index is 1.99. The third kappa shape index (κ3) is 2.52. The molecule has 100 valence electrons. The molecule has 0 atom stereocenters. The zero-order chi connectivity index (χ0) is 13.9. The molecule has 1 aromatic carbocycles. The highest BCUT2D eigenvalue weighted by molar-refractivity contribution is 9.10. The van der Waals surface area contributed by atoms with Gasteiger partial charge in [0.1, 0.15) is 0 Å². The molecular formula is C12H9BrN6S. The molecule has 2 N–H and O–H groups in total. The normalized spacial score (nSPS) is 10.7. The molecule has 3 aromatic rings. The minimum absolute atomic E-state index is 0.576. The molecule has 2 aromatic heterocycles. The molecule has 0 unspecified atom stereocenters. The monoisotopic (exact) mass is 348 g/mol. The molecular weight excluding hydrogens is 340 g/mol. The van der Waals surface area contributed by atoms with Crippen molar-refractivity contribution in [2.24, 2.45) is 0 Å². The Labute approximate surface area is 127 Å². The number of nitrogens with two attached hydrogens (primary N) is 1. The highest BCUT2D eigenvalue weighted by atomic mass is 79.9. The molecule has 2 heterocycles. The Hall–Kier alpha value is -1.93. The summed E-state index contributed by atoms with van der Waals surface area (Å²) in [5, 5.41) is 12.4.